The normalized spacial score (nSPS) is 15.1. The average molecular weight is 193 g/mol. The van der Waals surface area contributed by atoms with E-state index < -0.39 is 18.2 Å². The molecule has 0 unspecified atom stereocenters. The van der Waals surface area contributed by atoms with Crippen LogP contribution in [0.3, 0.4) is 0 Å². The van der Waals surface area contributed by atoms with E-state index in [-0.39, 0.29) is 13.2 Å². The minimum Gasteiger partial charge on any atom is -0.461 e. The van der Waals surface area contributed by atoms with Crippen LogP contribution in [0, 0.1) is 0 Å². The van der Waals surface area contributed by atoms with E-state index in [9.17, 15) is 4.79 Å². The minimum atomic E-state index is -0.941. The van der Waals surface area contributed by atoms with E-state index in [2.05, 4.69) is 14.3 Å². The summed E-state index contributed by atoms with van der Waals surface area (Å²) in [5.41, 5.74) is 0. The molecular weight excluding hydrogens is 178 g/mol. The van der Waals surface area contributed by atoms with E-state index in [1.165, 1.54) is 14.0 Å². The molecule has 0 amide bonds. The highest BCUT2D eigenvalue weighted by Crippen LogP contribution is 1.94. The van der Waals surface area contributed by atoms with Crippen LogP contribution in [0.4, 0.5) is 0 Å². The Bertz CT molecular complexity index is 150. The van der Waals surface area contributed by atoms with Crippen LogP contribution in [-0.4, -0.2) is 43.6 Å². The highest BCUT2D eigenvalue weighted by molar-refractivity contribution is 5.74. The Hall–Kier alpha value is -0.690. The van der Waals surface area contributed by atoms with Gasteiger partial charge in [0.15, 0.2) is 6.10 Å². The molecule has 78 valence electrons. The van der Waals surface area contributed by atoms with Crippen molar-refractivity contribution in [2.75, 3.05) is 20.3 Å². The Morgan fingerprint density at radius 3 is 2.54 bits per heavy atom. The summed E-state index contributed by atoms with van der Waals surface area (Å²) in [6, 6.07) is 0. The van der Waals surface area contributed by atoms with E-state index in [0.29, 0.717) is 0 Å². The lowest BCUT2D eigenvalue weighted by atomic mass is 10.4. The van der Waals surface area contributed by atoms with Gasteiger partial charge in [-0.15, -0.1) is 0 Å². The van der Waals surface area contributed by atoms with Crippen molar-refractivity contribution in [1.82, 2.24) is 0 Å². The topological polar surface area (TPSA) is 91.0 Å². The number of carbonyl (C=O) groups excluding carboxylic acids is 1. The molecule has 0 radical (unpaired) electrons. The molecule has 0 rings (SSSR count). The van der Waals surface area contributed by atoms with Crippen molar-refractivity contribution >= 4 is 5.97 Å². The van der Waals surface area contributed by atoms with E-state index in [0.717, 1.165) is 0 Å². The lowest BCUT2D eigenvalue weighted by Crippen LogP contribution is -2.34. The van der Waals surface area contributed by atoms with Crippen LogP contribution in [0.2, 0.25) is 0 Å². The predicted octanol–water partition coefficient (Wildman–Crippen LogP) is -1.18. The van der Waals surface area contributed by atoms with Crippen molar-refractivity contribution in [3.8, 4) is 0 Å². The Labute approximate surface area is 76.5 Å². The SMILES string of the molecule is COC[C@@H](ON)C(=O)OC[C@@H](C)O. The van der Waals surface area contributed by atoms with Gasteiger partial charge < -0.3 is 14.6 Å². The predicted molar refractivity (Wildman–Crippen MR) is 43.6 cm³/mol. The number of hydrogen-bond donors (Lipinski definition) is 2. The number of ether oxygens (including phenoxy) is 2. The molecule has 0 fully saturated rings. The molecule has 0 heterocycles. The third kappa shape index (κ3) is 5.53. The first kappa shape index (κ1) is 12.3. The van der Waals surface area contributed by atoms with Crippen molar-refractivity contribution in [3.63, 3.8) is 0 Å². The highest BCUT2D eigenvalue weighted by Gasteiger charge is 2.20. The molecule has 0 saturated carbocycles. The van der Waals surface area contributed by atoms with Gasteiger partial charge in [-0.2, -0.15) is 0 Å². The summed E-state index contributed by atoms with van der Waals surface area (Å²) in [5, 5.41) is 8.81. The summed E-state index contributed by atoms with van der Waals surface area (Å²) in [4.78, 5) is 15.4. The maximum Gasteiger partial charge on any atom is 0.339 e. The average Bonchev–Trinajstić information content (AvgIpc) is 2.10. The molecule has 0 aliphatic carbocycles. The fourth-order valence-corrected chi connectivity index (χ4v) is 0.610. The fraction of sp³-hybridized carbons (Fsp3) is 0.857. The Balaban J connectivity index is 3.77. The van der Waals surface area contributed by atoms with Gasteiger partial charge in [0.25, 0.3) is 0 Å². The van der Waals surface area contributed by atoms with E-state index in [4.69, 9.17) is 11.0 Å². The van der Waals surface area contributed by atoms with E-state index >= 15 is 0 Å². The second kappa shape index (κ2) is 6.79. The van der Waals surface area contributed by atoms with Gasteiger partial charge in [-0.1, -0.05) is 0 Å². The van der Waals surface area contributed by atoms with Gasteiger partial charge in [0.1, 0.15) is 6.61 Å². The number of esters is 1. The van der Waals surface area contributed by atoms with Gasteiger partial charge in [-0.05, 0) is 6.92 Å². The Morgan fingerprint density at radius 2 is 2.15 bits per heavy atom. The number of carbonyl (C=O) groups is 1. The summed E-state index contributed by atoms with van der Waals surface area (Å²) < 4.78 is 9.29. The summed E-state index contributed by atoms with van der Waals surface area (Å²) in [7, 11) is 1.41. The minimum absolute atomic E-state index is 0.0230. The van der Waals surface area contributed by atoms with Crippen molar-refractivity contribution in [3.05, 3.63) is 0 Å². The molecule has 6 nitrogen and oxygen atoms in total. The Morgan fingerprint density at radius 1 is 1.54 bits per heavy atom. The van der Waals surface area contributed by atoms with Gasteiger partial charge in [-0.25, -0.2) is 10.7 Å². The van der Waals surface area contributed by atoms with Gasteiger partial charge in [0.2, 0.25) is 0 Å². The molecule has 0 aliphatic rings. The molecule has 0 aliphatic heterocycles. The van der Waals surface area contributed by atoms with Gasteiger partial charge in [0, 0.05) is 7.11 Å². The fourth-order valence-electron chi connectivity index (χ4n) is 0.610. The van der Waals surface area contributed by atoms with Crippen molar-refractivity contribution < 1.29 is 24.2 Å². The molecule has 0 saturated heterocycles. The number of nitrogens with two attached hydrogens (primary N) is 1. The standard InChI is InChI=1S/C7H15NO5/c1-5(9)3-12-7(10)6(13-8)4-11-2/h5-6,9H,3-4,8H2,1-2H3/t5-,6-/m1/s1. The van der Waals surface area contributed by atoms with Crippen LogP contribution < -0.4 is 5.90 Å². The number of aliphatic hydroxyl groups is 1. The molecule has 3 N–H and O–H groups in total. The van der Waals surface area contributed by atoms with Crippen LogP contribution in [0.25, 0.3) is 0 Å². The van der Waals surface area contributed by atoms with Crippen molar-refractivity contribution in [1.29, 1.82) is 0 Å². The molecule has 13 heavy (non-hydrogen) atoms. The van der Waals surface area contributed by atoms with E-state index in [1.54, 1.807) is 0 Å². The van der Waals surface area contributed by atoms with Crippen LogP contribution in [-0.2, 0) is 19.1 Å². The number of methoxy groups -OCH3 is 1. The monoisotopic (exact) mass is 193 g/mol. The molecule has 0 aromatic carbocycles. The van der Waals surface area contributed by atoms with Crippen molar-refractivity contribution in [2.45, 2.75) is 19.1 Å². The maximum absolute atomic E-state index is 11.1. The third-order valence-corrected chi connectivity index (χ3v) is 1.21. The zero-order valence-electron chi connectivity index (χ0n) is 7.73. The molecule has 0 aromatic heterocycles. The summed E-state index contributed by atoms with van der Waals surface area (Å²) in [5.74, 6) is 4.17. The Kier molecular flexibility index (Phi) is 6.43. The quantitative estimate of drug-likeness (QED) is 0.407. The van der Waals surface area contributed by atoms with E-state index in [1.807, 2.05) is 0 Å². The molecule has 6 heteroatoms. The lowest BCUT2D eigenvalue weighted by Gasteiger charge is -2.13. The van der Waals surface area contributed by atoms with Crippen LogP contribution in [0.5, 0.6) is 0 Å². The number of hydrogen-bond acceptors (Lipinski definition) is 6. The first-order valence-corrected chi connectivity index (χ1v) is 3.81. The first-order chi connectivity index (χ1) is 6.11. The number of rotatable bonds is 6. The summed E-state index contributed by atoms with van der Waals surface area (Å²) in [6.07, 6.45) is -1.64. The lowest BCUT2D eigenvalue weighted by molar-refractivity contribution is -0.163. The number of aliphatic hydroxyl groups excluding tert-OH is 1. The zero-order chi connectivity index (χ0) is 10.3. The maximum atomic E-state index is 11.1. The molecule has 0 bridgehead atoms. The third-order valence-electron chi connectivity index (χ3n) is 1.21. The largest absolute Gasteiger partial charge is 0.461 e. The molecular formula is C7H15NO5. The molecule has 0 aromatic rings. The van der Waals surface area contributed by atoms with Crippen LogP contribution >= 0.6 is 0 Å². The molecule has 2 atom stereocenters. The van der Waals surface area contributed by atoms with Crippen molar-refractivity contribution in [2.24, 2.45) is 5.90 Å². The van der Waals surface area contributed by atoms with Crippen LogP contribution in [0.1, 0.15) is 6.92 Å². The second-order valence-electron chi connectivity index (χ2n) is 2.56. The highest BCUT2D eigenvalue weighted by atomic mass is 16.7. The molecule has 0 spiro atoms. The smallest absolute Gasteiger partial charge is 0.339 e. The zero-order valence-corrected chi connectivity index (χ0v) is 7.73. The van der Waals surface area contributed by atoms with Gasteiger partial charge >= 0.3 is 5.97 Å². The first-order valence-electron chi connectivity index (χ1n) is 3.81. The summed E-state index contributed by atoms with van der Waals surface area (Å²) >= 11 is 0. The van der Waals surface area contributed by atoms with Gasteiger partial charge in [-0.3, -0.25) is 4.84 Å². The van der Waals surface area contributed by atoms with Gasteiger partial charge in [0.05, 0.1) is 12.7 Å². The summed E-state index contributed by atoms with van der Waals surface area (Å²) in [6.45, 7) is 1.44. The second-order valence-corrected chi connectivity index (χ2v) is 2.56. The van der Waals surface area contributed by atoms with Crippen LogP contribution in [0.15, 0.2) is 0 Å².